The lowest BCUT2D eigenvalue weighted by atomic mass is 9.88. The third-order valence-corrected chi connectivity index (χ3v) is 4.64. The first kappa shape index (κ1) is 14.1. The lowest BCUT2D eigenvalue weighted by Crippen LogP contribution is -2.61. The van der Waals surface area contributed by atoms with Gasteiger partial charge in [-0.2, -0.15) is 0 Å². The summed E-state index contributed by atoms with van der Waals surface area (Å²) in [5.74, 6) is -0.202. The molecule has 0 aromatic rings. The monoisotopic (exact) mass is 279 g/mol. The molecule has 1 saturated heterocycles. The van der Waals surface area contributed by atoms with Gasteiger partial charge in [-0.25, -0.2) is 0 Å². The van der Waals surface area contributed by atoms with Gasteiger partial charge in [-0.1, -0.05) is 32.4 Å². The highest BCUT2D eigenvalue weighted by molar-refractivity contribution is 5.72. The number of hydrogen-bond acceptors (Lipinski definition) is 4. The van der Waals surface area contributed by atoms with Crippen LogP contribution in [0.5, 0.6) is 0 Å². The quantitative estimate of drug-likeness (QED) is 0.587. The number of nitrogens with zero attached hydrogens (tertiary/aromatic N) is 1. The van der Waals surface area contributed by atoms with Gasteiger partial charge in [0.05, 0.1) is 18.1 Å². The van der Waals surface area contributed by atoms with Gasteiger partial charge in [0.15, 0.2) is 5.72 Å². The first-order valence-electron chi connectivity index (χ1n) is 7.98. The third-order valence-electron chi connectivity index (χ3n) is 4.64. The average Bonchev–Trinajstić information content (AvgIpc) is 2.49. The van der Waals surface area contributed by atoms with Gasteiger partial charge in [0.1, 0.15) is 0 Å². The number of ether oxygens (including phenoxy) is 1. The number of rotatable bonds is 3. The molecule has 4 aliphatic rings. The molecule has 4 nitrogen and oxygen atoms in total. The molecule has 4 heteroatoms. The summed E-state index contributed by atoms with van der Waals surface area (Å²) in [7, 11) is 0. The van der Waals surface area contributed by atoms with Crippen molar-refractivity contribution in [2.24, 2.45) is 5.92 Å². The Kier molecular flexibility index (Phi) is 3.87. The van der Waals surface area contributed by atoms with Crippen molar-refractivity contribution in [3.05, 3.63) is 12.2 Å². The van der Waals surface area contributed by atoms with Crippen LogP contribution in [0.3, 0.4) is 0 Å². The molecule has 0 spiro atoms. The molecule has 2 heterocycles. The Labute approximate surface area is 121 Å². The SMILES string of the molecule is CC(C)C(=O)OC1(N2OC3C=CC2CC3)CCCCC1. The van der Waals surface area contributed by atoms with Gasteiger partial charge >= 0.3 is 5.97 Å². The molecule has 2 bridgehead atoms. The van der Waals surface area contributed by atoms with Crippen LogP contribution in [0.15, 0.2) is 12.2 Å². The predicted octanol–water partition coefficient (Wildman–Crippen LogP) is 3.18. The van der Waals surface area contributed by atoms with Gasteiger partial charge in [0.2, 0.25) is 0 Å². The van der Waals surface area contributed by atoms with Crippen LogP contribution in [0.25, 0.3) is 0 Å². The molecule has 0 N–H and O–H groups in total. The highest BCUT2D eigenvalue weighted by Crippen LogP contribution is 2.42. The molecule has 0 aromatic carbocycles. The zero-order chi connectivity index (χ0) is 14.2. The van der Waals surface area contributed by atoms with Gasteiger partial charge in [-0.05, 0) is 25.7 Å². The summed E-state index contributed by atoms with van der Waals surface area (Å²) in [6.45, 7) is 3.78. The van der Waals surface area contributed by atoms with Gasteiger partial charge in [-0.3, -0.25) is 9.63 Å². The van der Waals surface area contributed by atoms with Crippen LogP contribution in [0, 0.1) is 5.92 Å². The minimum atomic E-state index is -0.534. The van der Waals surface area contributed by atoms with Crippen LogP contribution >= 0.6 is 0 Å². The van der Waals surface area contributed by atoms with E-state index < -0.39 is 5.72 Å². The zero-order valence-corrected chi connectivity index (χ0v) is 12.5. The van der Waals surface area contributed by atoms with Crippen molar-refractivity contribution in [3.63, 3.8) is 0 Å². The summed E-state index contributed by atoms with van der Waals surface area (Å²) in [5.41, 5.74) is -0.534. The van der Waals surface area contributed by atoms with Gasteiger partial charge in [0, 0.05) is 12.8 Å². The summed E-state index contributed by atoms with van der Waals surface area (Å²) in [6, 6.07) is 0.262. The maximum Gasteiger partial charge on any atom is 0.310 e. The van der Waals surface area contributed by atoms with Gasteiger partial charge < -0.3 is 4.74 Å². The largest absolute Gasteiger partial charge is 0.441 e. The van der Waals surface area contributed by atoms with Crippen molar-refractivity contribution in [1.29, 1.82) is 0 Å². The van der Waals surface area contributed by atoms with Crippen LogP contribution in [0.1, 0.15) is 58.8 Å². The number of esters is 1. The predicted molar refractivity (Wildman–Crippen MR) is 75.6 cm³/mol. The second kappa shape index (κ2) is 5.49. The van der Waals surface area contributed by atoms with Crippen molar-refractivity contribution >= 4 is 5.97 Å². The average molecular weight is 279 g/mol. The highest BCUT2D eigenvalue weighted by atomic mass is 16.7. The number of fused-ring (bicyclic) bond motifs is 2. The minimum Gasteiger partial charge on any atom is -0.441 e. The van der Waals surface area contributed by atoms with E-state index in [-0.39, 0.29) is 24.0 Å². The van der Waals surface area contributed by atoms with Crippen LogP contribution in [0.2, 0.25) is 0 Å². The molecule has 0 amide bonds. The van der Waals surface area contributed by atoms with E-state index in [4.69, 9.17) is 9.57 Å². The Morgan fingerprint density at radius 2 is 2.00 bits per heavy atom. The Hall–Kier alpha value is -0.870. The Morgan fingerprint density at radius 3 is 2.50 bits per heavy atom. The zero-order valence-electron chi connectivity index (χ0n) is 12.5. The van der Waals surface area contributed by atoms with Crippen molar-refractivity contribution < 1.29 is 14.4 Å². The Balaban J connectivity index is 1.82. The van der Waals surface area contributed by atoms with Crippen molar-refractivity contribution in [3.8, 4) is 0 Å². The van der Waals surface area contributed by atoms with Crippen LogP contribution in [0.4, 0.5) is 0 Å². The molecule has 20 heavy (non-hydrogen) atoms. The minimum absolute atomic E-state index is 0.0914. The molecule has 2 aliphatic heterocycles. The fraction of sp³-hybridized carbons (Fsp3) is 0.812. The maximum absolute atomic E-state index is 12.1. The van der Waals surface area contributed by atoms with Crippen molar-refractivity contribution in [1.82, 2.24) is 5.06 Å². The molecule has 0 aromatic heterocycles. The first-order valence-corrected chi connectivity index (χ1v) is 7.98. The van der Waals surface area contributed by atoms with E-state index in [0.717, 1.165) is 38.5 Å². The van der Waals surface area contributed by atoms with Crippen LogP contribution < -0.4 is 0 Å². The standard InChI is InChI=1S/C16H25NO3/c1-12(2)15(18)19-16(10-4-3-5-11-16)17-13-6-8-14(20-17)9-7-13/h6,8,12-14H,3-5,7,9-11H2,1-2H3. The Bertz CT molecular complexity index is 399. The number of carbonyl (C=O) groups is 1. The first-order chi connectivity index (χ1) is 9.61. The van der Waals surface area contributed by atoms with E-state index in [1.54, 1.807) is 0 Å². The lowest BCUT2D eigenvalue weighted by molar-refractivity contribution is -0.350. The second-order valence-electron chi connectivity index (χ2n) is 6.58. The maximum atomic E-state index is 12.1. The normalized spacial score (nSPS) is 32.5. The molecule has 1 saturated carbocycles. The van der Waals surface area contributed by atoms with E-state index in [1.807, 2.05) is 18.9 Å². The third kappa shape index (κ3) is 2.51. The second-order valence-corrected chi connectivity index (χ2v) is 6.58. The van der Waals surface area contributed by atoms with Crippen LogP contribution in [-0.2, 0) is 14.4 Å². The topological polar surface area (TPSA) is 38.8 Å². The molecule has 2 fully saturated rings. The molecule has 2 atom stereocenters. The van der Waals surface area contributed by atoms with Gasteiger partial charge in [-0.15, -0.1) is 5.06 Å². The van der Waals surface area contributed by atoms with E-state index in [9.17, 15) is 4.79 Å². The molecule has 2 aliphatic carbocycles. The van der Waals surface area contributed by atoms with E-state index in [0.29, 0.717) is 0 Å². The molecular formula is C16H25NO3. The number of hydroxylamine groups is 2. The number of carbonyl (C=O) groups excluding carboxylic acids is 1. The van der Waals surface area contributed by atoms with Crippen molar-refractivity contribution in [2.75, 3.05) is 0 Å². The summed E-state index contributed by atoms with van der Waals surface area (Å²) >= 11 is 0. The summed E-state index contributed by atoms with van der Waals surface area (Å²) < 4.78 is 5.96. The summed E-state index contributed by atoms with van der Waals surface area (Å²) in [5, 5.41) is 2.01. The fourth-order valence-corrected chi connectivity index (χ4v) is 3.46. The molecule has 112 valence electrons. The van der Waals surface area contributed by atoms with Gasteiger partial charge in [0.25, 0.3) is 0 Å². The van der Waals surface area contributed by atoms with E-state index in [2.05, 4.69) is 12.2 Å². The summed E-state index contributed by atoms with van der Waals surface area (Å²) in [4.78, 5) is 18.2. The summed E-state index contributed by atoms with van der Waals surface area (Å²) in [6.07, 6.45) is 11.9. The molecular weight excluding hydrogens is 254 g/mol. The van der Waals surface area contributed by atoms with E-state index >= 15 is 0 Å². The Morgan fingerprint density at radius 1 is 1.25 bits per heavy atom. The number of hydrogen-bond donors (Lipinski definition) is 0. The molecule has 4 rings (SSSR count). The highest BCUT2D eigenvalue weighted by Gasteiger charge is 2.49. The van der Waals surface area contributed by atoms with Crippen LogP contribution in [-0.4, -0.2) is 28.9 Å². The molecule has 2 unspecified atom stereocenters. The van der Waals surface area contributed by atoms with E-state index in [1.165, 1.54) is 6.42 Å². The smallest absolute Gasteiger partial charge is 0.310 e. The van der Waals surface area contributed by atoms with Crippen molar-refractivity contribution in [2.45, 2.75) is 76.7 Å². The lowest BCUT2D eigenvalue weighted by Gasteiger charge is -2.51. The fourth-order valence-electron chi connectivity index (χ4n) is 3.46. The molecule has 0 radical (unpaired) electrons.